The number of carbonyl (C=O) groups is 1. The highest BCUT2D eigenvalue weighted by Crippen LogP contribution is 2.34. The highest BCUT2D eigenvalue weighted by Gasteiger charge is 2.40. The zero-order valence-corrected chi connectivity index (χ0v) is 19.0. The van der Waals surface area contributed by atoms with Crippen molar-refractivity contribution in [3.05, 3.63) is 59.5 Å². The average molecular weight is 474 g/mol. The summed E-state index contributed by atoms with van der Waals surface area (Å²) >= 11 is 5.91. The Bertz CT molecular complexity index is 1240. The van der Waals surface area contributed by atoms with Crippen LogP contribution in [0, 0.1) is 5.92 Å². The number of likely N-dealkylation sites (tertiary alicyclic amines) is 1. The Labute approximate surface area is 191 Å². The molecule has 3 aromatic rings. The molecule has 2 atom stereocenters. The minimum absolute atomic E-state index is 0.00353. The number of halogens is 1. The second kappa shape index (κ2) is 8.46. The van der Waals surface area contributed by atoms with Crippen LogP contribution in [0.2, 0.25) is 5.02 Å². The van der Waals surface area contributed by atoms with Gasteiger partial charge in [-0.15, -0.1) is 10.2 Å². The molecule has 0 N–H and O–H groups in total. The maximum Gasteiger partial charge on any atom is 0.243 e. The van der Waals surface area contributed by atoms with Gasteiger partial charge < -0.3 is 4.90 Å². The van der Waals surface area contributed by atoms with Crippen molar-refractivity contribution in [2.24, 2.45) is 5.92 Å². The topological polar surface area (TPSA) is 87.9 Å². The summed E-state index contributed by atoms with van der Waals surface area (Å²) in [6.07, 6.45) is 4.94. The van der Waals surface area contributed by atoms with E-state index >= 15 is 0 Å². The summed E-state index contributed by atoms with van der Waals surface area (Å²) in [5.41, 5.74) is 0.750. The maximum absolute atomic E-state index is 13.5. The molecule has 2 saturated heterocycles. The molecule has 8 nitrogen and oxygen atoms in total. The normalized spacial score (nSPS) is 22.5. The van der Waals surface area contributed by atoms with E-state index in [9.17, 15) is 13.2 Å². The third-order valence-electron chi connectivity index (χ3n) is 6.36. The number of sulfonamides is 1. The number of carbonyl (C=O) groups excluding carboxylic acids is 1. The molecule has 10 heteroatoms. The zero-order valence-electron chi connectivity index (χ0n) is 17.5. The fourth-order valence-corrected chi connectivity index (χ4v) is 6.39. The molecule has 168 valence electrons. The molecular formula is C22H24ClN5O3S. The predicted molar refractivity (Wildman–Crippen MR) is 120 cm³/mol. The Balaban J connectivity index is 1.36. The number of nitrogens with zero attached hydrogens (tertiary/aromatic N) is 5. The minimum atomic E-state index is -3.68. The summed E-state index contributed by atoms with van der Waals surface area (Å²) in [6.45, 7) is 1.24. The lowest BCUT2D eigenvalue weighted by molar-refractivity contribution is -0.137. The van der Waals surface area contributed by atoms with Gasteiger partial charge in [-0.05, 0) is 62.1 Å². The maximum atomic E-state index is 13.5. The summed E-state index contributed by atoms with van der Waals surface area (Å²) in [5, 5.41) is 9.07. The Morgan fingerprint density at radius 2 is 1.78 bits per heavy atom. The second-order valence-electron chi connectivity index (χ2n) is 8.33. The van der Waals surface area contributed by atoms with Gasteiger partial charge in [-0.25, -0.2) is 8.42 Å². The van der Waals surface area contributed by atoms with Crippen LogP contribution in [0.3, 0.4) is 0 Å². The third kappa shape index (κ3) is 3.78. The molecule has 0 bridgehead atoms. The third-order valence-corrected chi connectivity index (χ3v) is 8.49. The summed E-state index contributed by atoms with van der Waals surface area (Å²) in [7, 11) is -3.68. The van der Waals surface area contributed by atoms with Crippen molar-refractivity contribution in [1.82, 2.24) is 23.8 Å². The molecule has 0 aliphatic carbocycles. The molecule has 2 aliphatic heterocycles. The predicted octanol–water partition coefficient (Wildman–Crippen LogP) is 3.15. The molecule has 0 saturated carbocycles. The van der Waals surface area contributed by atoms with Gasteiger partial charge in [-0.1, -0.05) is 17.7 Å². The van der Waals surface area contributed by atoms with Crippen LogP contribution in [-0.2, 0) is 14.8 Å². The number of benzene rings is 1. The molecule has 1 aromatic carbocycles. The van der Waals surface area contributed by atoms with Gasteiger partial charge in [0.1, 0.15) is 0 Å². The first-order chi connectivity index (χ1) is 15.4. The van der Waals surface area contributed by atoms with Crippen molar-refractivity contribution in [2.45, 2.75) is 36.6 Å². The van der Waals surface area contributed by atoms with Gasteiger partial charge in [0.15, 0.2) is 11.5 Å². The molecular weight excluding hydrogens is 450 g/mol. The van der Waals surface area contributed by atoms with Crippen LogP contribution < -0.4 is 0 Å². The fourth-order valence-electron chi connectivity index (χ4n) is 4.74. The monoisotopic (exact) mass is 473 g/mol. The van der Waals surface area contributed by atoms with Crippen LogP contribution in [0.15, 0.2) is 53.6 Å². The van der Waals surface area contributed by atoms with Crippen molar-refractivity contribution >= 4 is 33.2 Å². The lowest BCUT2D eigenvalue weighted by Crippen LogP contribution is -2.46. The van der Waals surface area contributed by atoms with Crippen molar-refractivity contribution in [3.8, 4) is 0 Å². The van der Waals surface area contributed by atoms with E-state index in [1.807, 2.05) is 33.7 Å². The lowest BCUT2D eigenvalue weighted by Gasteiger charge is -2.34. The molecule has 0 spiro atoms. The Hall–Kier alpha value is -2.49. The number of hydrogen-bond donors (Lipinski definition) is 0. The SMILES string of the molecule is O=C([C@@H]1CCCN(S(=O)(=O)c2ccc(Cl)cc2)C1)N1CCC[C@@H]1c1nnc2ccccn12. The summed E-state index contributed by atoms with van der Waals surface area (Å²) < 4.78 is 29.6. The van der Waals surface area contributed by atoms with Crippen LogP contribution in [0.5, 0.6) is 0 Å². The van der Waals surface area contributed by atoms with Gasteiger partial charge in [-0.2, -0.15) is 4.31 Å². The van der Waals surface area contributed by atoms with Crippen LogP contribution >= 0.6 is 11.6 Å². The standard InChI is InChI=1S/C22H24ClN5O3S/c23-17-8-10-18(11-9-17)32(30,31)26-12-3-5-16(15-26)22(29)27-14-4-6-19(27)21-25-24-20-7-1-2-13-28(20)21/h1-2,7-11,13,16,19H,3-6,12,14-15H2/t16-,19-/m1/s1. The molecule has 4 heterocycles. The second-order valence-corrected chi connectivity index (χ2v) is 10.7. The van der Waals surface area contributed by atoms with Gasteiger partial charge in [0, 0.05) is 30.9 Å². The molecule has 2 fully saturated rings. The van der Waals surface area contributed by atoms with E-state index in [1.54, 1.807) is 12.1 Å². The molecule has 1 amide bonds. The number of rotatable bonds is 4. The number of hydrogen-bond acceptors (Lipinski definition) is 5. The number of amides is 1. The lowest BCUT2D eigenvalue weighted by atomic mass is 9.97. The Morgan fingerprint density at radius 1 is 1.00 bits per heavy atom. The van der Waals surface area contributed by atoms with Crippen molar-refractivity contribution in [2.75, 3.05) is 19.6 Å². The average Bonchev–Trinajstić information content (AvgIpc) is 3.46. The van der Waals surface area contributed by atoms with Crippen LogP contribution in [0.4, 0.5) is 0 Å². The van der Waals surface area contributed by atoms with Crippen LogP contribution in [0.1, 0.15) is 37.5 Å². The first kappa shape index (κ1) is 21.4. The largest absolute Gasteiger partial charge is 0.332 e. The van der Waals surface area contributed by atoms with Gasteiger partial charge in [-0.3, -0.25) is 9.20 Å². The highest BCUT2D eigenvalue weighted by atomic mass is 35.5. The van der Waals surface area contributed by atoms with E-state index < -0.39 is 10.0 Å². The van der Waals surface area contributed by atoms with Gasteiger partial charge in [0.2, 0.25) is 15.9 Å². The van der Waals surface area contributed by atoms with E-state index in [0.717, 1.165) is 24.3 Å². The van der Waals surface area contributed by atoms with Crippen LogP contribution in [0.25, 0.3) is 5.65 Å². The fraction of sp³-hybridized carbons (Fsp3) is 0.409. The first-order valence-corrected chi connectivity index (χ1v) is 12.6. The Kier molecular flexibility index (Phi) is 5.65. The molecule has 32 heavy (non-hydrogen) atoms. The molecule has 0 unspecified atom stereocenters. The Morgan fingerprint density at radius 3 is 2.59 bits per heavy atom. The van der Waals surface area contributed by atoms with Gasteiger partial charge >= 0.3 is 0 Å². The quantitative estimate of drug-likeness (QED) is 0.580. The van der Waals surface area contributed by atoms with E-state index in [0.29, 0.717) is 31.0 Å². The number of piperidine rings is 1. The van der Waals surface area contributed by atoms with E-state index in [2.05, 4.69) is 10.2 Å². The van der Waals surface area contributed by atoms with Crippen LogP contribution in [-0.4, -0.2) is 57.8 Å². The molecule has 5 rings (SSSR count). The molecule has 0 radical (unpaired) electrons. The van der Waals surface area contributed by atoms with E-state index in [-0.39, 0.29) is 29.3 Å². The van der Waals surface area contributed by atoms with E-state index in [4.69, 9.17) is 11.6 Å². The summed E-state index contributed by atoms with van der Waals surface area (Å²) in [4.78, 5) is 15.6. The van der Waals surface area contributed by atoms with E-state index in [1.165, 1.54) is 16.4 Å². The van der Waals surface area contributed by atoms with Crippen molar-refractivity contribution in [1.29, 1.82) is 0 Å². The smallest absolute Gasteiger partial charge is 0.243 e. The van der Waals surface area contributed by atoms with Crippen molar-refractivity contribution < 1.29 is 13.2 Å². The highest BCUT2D eigenvalue weighted by molar-refractivity contribution is 7.89. The first-order valence-electron chi connectivity index (χ1n) is 10.8. The van der Waals surface area contributed by atoms with Gasteiger partial charge in [0.25, 0.3) is 0 Å². The summed E-state index contributed by atoms with van der Waals surface area (Å²) in [5.74, 6) is 0.384. The minimum Gasteiger partial charge on any atom is -0.332 e. The number of aromatic nitrogens is 3. The molecule has 2 aromatic heterocycles. The number of fused-ring (bicyclic) bond motifs is 1. The molecule has 2 aliphatic rings. The zero-order chi connectivity index (χ0) is 22.3. The van der Waals surface area contributed by atoms with Gasteiger partial charge in [0.05, 0.1) is 16.9 Å². The number of pyridine rings is 1. The van der Waals surface area contributed by atoms with Crippen molar-refractivity contribution in [3.63, 3.8) is 0 Å². The summed E-state index contributed by atoms with van der Waals surface area (Å²) in [6, 6.07) is 11.7.